The van der Waals surface area contributed by atoms with E-state index in [4.69, 9.17) is 14.2 Å². The molecule has 2 rings (SSSR count). The minimum absolute atomic E-state index is 0.0825. The van der Waals surface area contributed by atoms with E-state index in [9.17, 15) is 35.7 Å². The summed E-state index contributed by atoms with van der Waals surface area (Å²) in [7, 11) is 0. The molecule has 0 saturated carbocycles. The van der Waals surface area contributed by atoms with E-state index in [1.165, 1.54) is 0 Å². The minimum atomic E-state index is -1.67. The second kappa shape index (κ2) is 8.09. The Morgan fingerprint density at radius 3 is 2.04 bits per heavy atom. The van der Waals surface area contributed by atoms with Crippen LogP contribution in [0.15, 0.2) is 0 Å². The van der Waals surface area contributed by atoms with E-state index in [1.54, 1.807) is 13.8 Å². The maximum atomic E-state index is 10.3. The van der Waals surface area contributed by atoms with Crippen molar-refractivity contribution >= 4 is 0 Å². The summed E-state index contributed by atoms with van der Waals surface area (Å²) in [4.78, 5) is 0. The Labute approximate surface area is 145 Å². The van der Waals surface area contributed by atoms with Crippen LogP contribution < -0.4 is 0 Å². The smallest absolute Gasteiger partial charge is 0.187 e. The molecule has 0 radical (unpaired) electrons. The third kappa shape index (κ3) is 4.48. The SMILES string of the molecule is CC1(C)CC(O)C(O)C(O[C@H]2OC(CO)[C@@H](O)C(O)C2O)C(CO)O1. The highest BCUT2D eigenvalue weighted by Crippen LogP contribution is 2.32. The molecule has 0 aromatic rings. The van der Waals surface area contributed by atoms with Crippen LogP contribution in [0.3, 0.4) is 0 Å². The van der Waals surface area contributed by atoms with Gasteiger partial charge in [-0.3, -0.25) is 0 Å². The van der Waals surface area contributed by atoms with E-state index in [1.807, 2.05) is 0 Å². The van der Waals surface area contributed by atoms with E-state index >= 15 is 0 Å². The van der Waals surface area contributed by atoms with Crippen molar-refractivity contribution in [2.45, 2.75) is 81.0 Å². The lowest BCUT2D eigenvalue weighted by Gasteiger charge is -2.42. The molecule has 7 N–H and O–H groups in total. The largest absolute Gasteiger partial charge is 0.394 e. The van der Waals surface area contributed by atoms with Crippen molar-refractivity contribution in [3.63, 3.8) is 0 Å². The highest BCUT2D eigenvalue weighted by molar-refractivity contribution is 4.94. The molecule has 2 aliphatic heterocycles. The van der Waals surface area contributed by atoms with Crippen molar-refractivity contribution in [1.82, 2.24) is 0 Å². The van der Waals surface area contributed by atoms with E-state index in [2.05, 4.69) is 0 Å². The van der Waals surface area contributed by atoms with Gasteiger partial charge in [-0.2, -0.15) is 0 Å². The van der Waals surface area contributed by atoms with Gasteiger partial charge in [-0.25, -0.2) is 0 Å². The summed E-state index contributed by atoms with van der Waals surface area (Å²) >= 11 is 0. The molecule has 0 spiro atoms. The van der Waals surface area contributed by atoms with Crippen LogP contribution in [0.25, 0.3) is 0 Å². The van der Waals surface area contributed by atoms with Crippen LogP contribution in [-0.2, 0) is 14.2 Å². The summed E-state index contributed by atoms with van der Waals surface area (Å²) < 4.78 is 16.4. The van der Waals surface area contributed by atoms with Crippen molar-refractivity contribution in [2.24, 2.45) is 0 Å². The zero-order valence-electron chi connectivity index (χ0n) is 14.2. The lowest BCUT2D eigenvalue weighted by atomic mass is 9.96. The van der Waals surface area contributed by atoms with Crippen LogP contribution in [0.1, 0.15) is 20.3 Å². The highest BCUT2D eigenvalue weighted by Gasteiger charge is 2.49. The predicted molar refractivity (Wildman–Crippen MR) is 81.3 cm³/mol. The Balaban J connectivity index is 2.20. The highest BCUT2D eigenvalue weighted by atomic mass is 16.7. The van der Waals surface area contributed by atoms with Gasteiger partial charge in [0, 0.05) is 6.42 Å². The number of ether oxygens (including phenoxy) is 3. The van der Waals surface area contributed by atoms with Gasteiger partial charge in [-0.15, -0.1) is 0 Å². The Morgan fingerprint density at radius 1 is 0.880 bits per heavy atom. The monoisotopic (exact) mass is 368 g/mol. The third-order valence-corrected chi connectivity index (χ3v) is 4.59. The van der Waals surface area contributed by atoms with Gasteiger partial charge in [0.2, 0.25) is 0 Å². The second-order valence-corrected chi connectivity index (χ2v) is 7.16. The maximum Gasteiger partial charge on any atom is 0.187 e. The summed E-state index contributed by atoms with van der Waals surface area (Å²) in [5.74, 6) is 0. The minimum Gasteiger partial charge on any atom is -0.394 e. The number of hydrogen-bond donors (Lipinski definition) is 7. The average molecular weight is 368 g/mol. The molecular weight excluding hydrogens is 340 g/mol. The van der Waals surface area contributed by atoms with Crippen molar-refractivity contribution in [1.29, 1.82) is 0 Å². The van der Waals surface area contributed by atoms with Gasteiger partial charge >= 0.3 is 0 Å². The Hall–Kier alpha value is -0.400. The first-order valence-electron chi connectivity index (χ1n) is 8.22. The van der Waals surface area contributed by atoms with Crippen LogP contribution in [0.2, 0.25) is 0 Å². The fourth-order valence-electron chi connectivity index (χ4n) is 3.23. The van der Waals surface area contributed by atoms with Crippen molar-refractivity contribution in [2.75, 3.05) is 13.2 Å². The number of aliphatic hydroxyl groups is 7. The van der Waals surface area contributed by atoms with E-state index in [-0.39, 0.29) is 6.42 Å². The molecule has 2 saturated heterocycles. The van der Waals surface area contributed by atoms with Gasteiger partial charge in [-0.05, 0) is 13.8 Å². The molecule has 25 heavy (non-hydrogen) atoms. The van der Waals surface area contributed by atoms with E-state index in [0.29, 0.717) is 0 Å². The van der Waals surface area contributed by atoms with E-state index in [0.717, 1.165) is 0 Å². The first-order valence-corrected chi connectivity index (χ1v) is 8.22. The lowest BCUT2D eigenvalue weighted by Crippen LogP contribution is -2.61. The molecule has 0 bridgehead atoms. The first kappa shape index (κ1) is 20.9. The van der Waals surface area contributed by atoms with Gasteiger partial charge in [0.15, 0.2) is 6.29 Å². The number of aliphatic hydroxyl groups excluding tert-OH is 7. The first-order chi connectivity index (χ1) is 11.6. The summed E-state index contributed by atoms with van der Waals surface area (Å²) in [6.45, 7) is 2.20. The van der Waals surface area contributed by atoms with Crippen molar-refractivity contribution < 1.29 is 50.0 Å². The second-order valence-electron chi connectivity index (χ2n) is 7.16. The zero-order valence-corrected chi connectivity index (χ0v) is 14.2. The summed E-state index contributed by atoms with van der Waals surface area (Å²) in [6.07, 6.45) is -12.5. The lowest BCUT2D eigenvalue weighted by molar-refractivity contribution is -0.327. The molecule has 10 heteroatoms. The zero-order chi connectivity index (χ0) is 18.9. The van der Waals surface area contributed by atoms with Gasteiger partial charge < -0.3 is 50.0 Å². The average Bonchev–Trinajstić information content (AvgIpc) is 2.63. The number of hydrogen-bond acceptors (Lipinski definition) is 10. The molecule has 7 unspecified atom stereocenters. The Morgan fingerprint density at radius 2 is 1.48 bits per heavy atom. The summed E-state index contributed by atoms with van der Waals surface area (Å²) in [5.41, 5.74) is -0.846. The molecular formula is C15H28O10. The molecule has 9 atom stereocenters. The molecule has 2 fully saturated rings. The molecule has 10 nitrogen and oxygen atoms in total. The normalized spacial score (nSPS) is 48.1. The van der Waals surface area contributed by atoms with Crippen LogP contribution in [0.4, 0.5) is 0 Å². The number of rotatable bonds is 4. The Bertz CT molecular complexity index is 431. The standard InChI is InChI=1S/C15H28O10/c1-15(2)3-6(18)9(19)13(8(5-17)25-15)24-14-12(22)11(21)10(20)7(4-16)23-14/h6-14,16-22H,3-5H2,1-2H3/t6?,7?,8?,9?,10-,11?,12?,13?,14-/m1/s1. The summed E-state index contributed by atoms with van der Waals surface area (Å²) in [5, 5.41) is 68.9. The quantitative estimate of drug-likeness (QED) is 0.264. The molecule has 2 aliphatic rings. The van der Waals surface area contributed by atoms with Gasteiger partial charge in [0.25, 0.3) is 0 Å². The van der Waals surface area contributed by atoms with Gasteiger partial charge in [-0.1, -0.05) is 0 Å². The molecule has 0 aromatic heterocycles. The third-order valence-electron chi connectivity index (χ3n) is 4.59. The molecule has 0 amide bonds. The van der Waals surface area contributed by atoms with Crippen LogP contribution in [-0.4, -0.2) is 110 Å². The molecule has 2 heterocycles. The van der Waals surface area contributed by atoms with Crippen LogP contribution in [0, 0.1) is 0 Å². The fraction of sp³-hybridized carbons (Fsp3) is 1.00. The predicted octanol–water partition coefficient (Wildman–Crippen LogP) is -3.55. The van der Waals surface area contributed by atoms with Crippen molar-refractivity contribution in [3.8, 4) is 0 Å². The topological polar surface area (TPSA) is 169 Å². The molecule has 148 valence electrons. The van der Waals surface area contributed by atoms with E-state index < -0.39 is 73.9 Å². The molecule has 0 aliphatic carbocycles. The fourth-order valence-corrected chi connectivity index (χ4v) is 3.23. The van der Waals surface area contributed by atoms with Crippen molar-refractivity contribution in [3.05, 3.63) is 0 Å². The Kier molecular flexibility index (Phi) is 6.77. The summed E-state index contributed by atoms with van der Waals surface area (Å²) in [6, 6.07) is 0. The van der Waals surface area contributed by atoms with Crippen LogP contribution >= 0.6 is 0 Å². The van der Waals surface area contributed by atoms with Gasteiger partial charge in [0.1, 0.15) is 42.7 Å². The maximum absolute atomic E-state index is 10.3. The molecule has 0 aromatic carbocycles. The van der Waals surface area contributed by atoms with Crippen LogP contribution in [0.5, 0.6) is 0 Å². The van der Waals surface area contributed by atoms with Gasteiger partial charge in [0.05, 0.1) is 24.9 Å².